The highest BCUT2D eigenvalue weighted by atomic mass is 16.5. The van der Waals surface area contributed by atoms with Crippen LogP contribution in [0.5, 0.6) is 5.88 Å². The van der Waals surface area contributed by atoms with Crippen LogP contribution in [0.2, 0.25) is 0 Å². The van der Waals surface area contributed by atoms with Crippen LogP contribution >= 0.6 is 0 Å². The van der Waals surface area contributed by atoms with Crippen LogP contribution in [0, 0.1) is 5.41 Å². The Balaban J connectivity index is 2.07. The van der Waals surface area contributed by atoms with Gasteiger partial charge in [0.2, 0.25) is 5.88 Å². The summed E-state index contributed by atoms with van der Waals surface area (Å²) in [5.41, 5.74) is 6.59. The quantitative estimate of drug-likeness (QED) is 0.830. The zero-order valence-corrected chi connectivity index (χ0v) is 12.6. The average molecular weight is 280 g/mol. The summed E-state index contributed by atoms with van der Waals surface area (Å²) >= 11 is 0. The fourth-order valence-electron chi connectivity index (χ4n) is 2.50. The molecule has 0 aromatic carbocycles. The summed E-state index contributed by atoms with van der Waals surface area (Å²) < 4.78 is 11.0. The summed E-state index contributed by atoms with van der Waals surface area (Å²) in [6, 6.07) is 0.281. The van der Waals surface area contributed by atoms with E-state index < -0.39 is 0 Å². The number of aromatic nitrogens is 2. The van der Waals surface area contributed by atoms with Crippen LogP contribution in [-0.2, 0) is 4.74 Å². The van der Waals surface area contributed by atoms with Crippen LogP contribution < -0.4 is 15.8 Å². The molecule has 0 bridgehead atoms. The highest BCUT2D eigenvalue weighted by Crippen LogP contribution is 2.44. The molecule has 0 aliphatic heterocycles. The number of ether oxygens (including phenoxy) is 2. The zero-order chi connectivity index (χ0) is 14.8. The topological polar surface area (TPSA) is 82.3 Å². The first-order chi connectivity index (χ1) is 9.50. The van der Waals surface area contributed by atoms with E-state index in [0.29, 0.717) is 24.0 Å². The van der Waals surface area contributed by atoms with Gasteiger partial charge in [-0.05, 0) is 12.8 Å². The fourth-order valence-corrected chi connectivity index (χ4v) is 2.50. The smallest absolute Gasteiger partial charge is 0.242 e. The normalized spacial score (nSPS) is 24.0. The SMILES string of the molecule is CCCOc1ncnc(NC2CC(OC)C2(C)C)c1N. The Labute approximate surface area is 120 Å². The summed E-state index contributed by atoms with van der Waals surface area (Å²) in [6.45, 7) is 6.99. The van der Waals surface area contributed by atoms with Gasteiger partial charge >= 0.3 is 0 Å². The van der Waals surface area contributed by atoms with Crippen LogP contribution in [0.4, 0.5) is 11.5 Å². The van der Waals surface area contributed by atoms with Crippen molar-refractivity contribution in [1.82, 2.24) is 9.97 Å². The van der Waals surface area contributed by atoms with Gasteiger partial charge in [0.1, 0.15) is 12.0 Å². The van der Waals surface area contributed by atoms with Gasteiger partial charge in [-0.3, -0.25) is 0 Å². The van der Waals surface area contributed by atoms with Crippen LogP contribution in [0.1, 0.15) is 33.6 Å². The number of hydrogen-bond donors (Lipinski definition) is 2. The summed E-state index contributed by atoms with van der Waals surface area (Å²) in [7, 11) is 1.75. The zero-order valence-electron chi connectivity index (χ0n) is 12.6. The molecule has 1 aliphatic rings. The second-order valence-corrected chi connectivity index (χ2v) is 5.77. The number of anilines is 2. The van der Waals surface area contributed by atoms with Crippen molar-refractivity contribution in [2.24, 2.45) is 5.41 Å². The third-order valence-electron chi connectivity index (χ3n) is 4.06. The average Bonchev–Trinajstić information content (AvgIpc) is 2.43. The standard InChI is InChI=1S/C14H24N4O2/c1-5-6-20-13-11(15)12(16-8-17-13)18-9-7-10(19-4)14(9,2)3/h8-10H,5-7,15H2,1-4H3,(H,16,17,18). The van der Waals surface area contributed by atoms with Crippen LogP contribution in [0.25, 0.3) is 0 Å². The molecule has 6 nitrogen and oxygen atoms in total. The fraction of sp³-hybridized carbons (Fsp3) is 0.714. The maximum absolute atomic E-state index is 6.06. The Hall–Kier alpha value is -1.56. The van der Waals surface area contributed by atoms with Gasteiger partial charge in [0.05, 0.1) is 12.7 Å². The Morgan fingerprint density at radius 3 is 2.80 bits per heavy atom. The van der Waals surface area contributed by atoms with Crippen molar-refractivity contribution in [3.8, 4) is 5.88 Å². The molecule has 112 valence electrons. The first-order valence-corrected chi connectivity index (χ1v) is 7.03. The first-order valence-electron chi connectivity index (χ1n) is 7.03. The van der Waals surface area contributed by atoms with Crippen molar-refractivity contribution < 1.29 is 9.47 Å². The number of nitrogens with two attached hydrogens (primary N) is 1. The molecule has 0 radical (unpaired) electrons. The van der Waals surface area contributed by atoms with E-state index in [0.717, 1.165) is 12.8 Å². The van der Waals surface area contributed by atoms with Crippen LogP contribution in [0.3, 0.4) is 0 Å². The highest BCUT2D eigenvalue weighted by Gasteiger charge is 2.48. The molecule has 1 saturated carbocycles. The predicted octanol–water partition coefficient (Wildman–Crippen LogP) is 2.07. The molecule has 0 amide bonds. The van der Waals surface area contributed by atoms with Gasteiger partial charge in [-0.25, -0.2) is 4.98 Å². The predicted molar refractivity (Wildman–Crippen MR) is 78.8 cm³/mol. The van der Waals surface area contributed by atoms with Crippen molar-refractivity contribution in [1.29, 1.82) is 0 Å². The molecule has 6 heteroatoms. The van der Waals surface area contributed by atoms with Gasteiger partial charge in [0, 0.05) is 18.6 Å². The van der Waals surface area contributed by atoms with Gasteiger partial charge in [0.15, 0.2) is 5.82 Å². The lowest BCUT2D eigenvalue weighted by atomic mass is 9.64. The number of nitrogens with one attached hydrogen (secondary N) is 1. The largest absolute Gasteiger partial charge is 0.476 e. The molecular formula is C14H24N4O2. The number of nitrogen functional groups attached to an aromatic ring is 1. The molecule has 2 atom stereocenters. The third-order valence-corrected chi connectivity index (χ3v) is 4.06. The second kappa shape index (κ2) is 5.83. The monoisotopic (exact) mass is 280 g/mol. The minimum absolute atomic E-state index is 0.0522. The second-order valence-electron chi connectivity index (χ2n) is 5.77. The van der Waals surface area contributed by atoms with E-state index >= 15 is 0 Å². The van der Waals surface area contributed by atoms with Crippen LogP contribution in [0.15, 0.2) is 6.33 Å². The molecule has 0 spiro atoms. The van der Waals surface area contributed by atoms with Gasteiger partial charge in [-0.2, -0.15) is 4.98 Å². The molecule has 2 rings (SSSR count). The van der Waals surface area contributed by atoms with Crippen molar-refractivity contribution in [3.63, 3.8) is 0 Å². The molecule has 20 heavy (non-hydrogen) atoms. The molecule has 3 N–H and O–H groups in total. The van der Waals surface area contributed by atoms with Gasteiger partial charge in [-0.15, -0.1) is 0 Å². The summed E-state index contributed by atoms with van der Waals surface area (Å²) in [6.07, 6.45) is 3.59. The van der Waals surface area contributed by atoms with Crippen molar-refractivity contribution in [3.05, 3.63) is 6.33 Å². The van der Waals surface area contributed by atoms with Crippen molar-refractivity contribution >= 4 is 11.5 Å². The first kappa shape index (κ1) is 14.8. The van der Waals surface area contributed by atoms with E-state index in [9.17, 15) is 0 Å². The van der Waals surface area contributed by atoms with E-state index in [2.05, 4.69) is 29.1 Å². The summed E-state index contributed by atoms with van der Waals surface area (Å²) in [4.78, 5) is 8.29. The molecule has 1 aromatic rings. The molecular weight excluding hydrogens is 256 g/mol. The molecule has 1 aromatic heterocycles. The third kappa shape index (κ3) is 2.65. The molecule has 1 fully saturated rings. The lowest BCUT2D eigenvalue weighted by Crippen LogP contribution is -2.57. The summed E-state index contributed by atoms with van der Waals surface area (Å²) in [5.74, 6) is 1.09. The van der Waals surface area contributed by atoms with E-state index in [1.54, 1.807) is 7.11 Å². The minimum atomic E-state index is 0.0522. The van der Waals surface area contributed by atoms with Gasteiger partial charge < -0.3 is 20.5 Å². The number of hydrogen-bond acceptors (Lipinski definition) is 6. The summed E-state index contributed by atoms with van der Waals surface area (Å²) in [5, 5.41) is 3.38. The lowest BCUT2D eigenvalue weighted by molar-refractivity contribution is -0.0795. The highest BCUT2D eigenvalue weighted by molar-refractivity contribution is 5.67. The number of methoxy groups -OCH3 is 1. The molecule has 0 saturated heterocycles. The Morgan fingerprint density at radius 2 is 2.20 bits per heavy atom. The van der Waals surface area contributed by atoms with E-state index in [1.807, 2.05) is 6.92 Å². The molecule has 1 heterocycles. The minimum Gasteiger partial charge on any atom is -0.476 e. The van der Waals surface area contributed by atoms with Crippen molar-refractivity contribution in [2.45, 2.75) is 45.8 Å². The van der Waals surface area contributed by atoms with E-state index in [-0.39, 0.29) is 17.6 Å². The van der Waals surface area contributed by atoms with Crippen molar-refractivity contribution in [2.75, 3.05) is 24.8 Å². The Kier molecular flexibility index (Phi) is 4.32. The van der Waals surface area contributed by atoms with Gasteiger partial charge in [-0.1, -0.05) is 20.8 Å². The number of nitrogens with zero attached hydrogens (tertiary/aromatic N) is 2. The maximum Gasteiger partial charge on any atom is 0.242 e. The van der Waals surface area contributed by atoms with E-state index in [1.165, 1.54) is 6.33 Å². The maximum atomic E-state index is 6.06. The van der Waals surface area contributed by atoms with E-state index in [4.69, 9.17) is 15.2 Å². The van der Waals surface area contributed by atoms with Gasteiger partial charge in [0.25, 0.3) is 0 Å². The molecule has 1 aliphatic carbocycles. The van der Waals surface area contributed by atoms with Crippen LogP contribution in [-0.4, -0.2) is 35.8 Å². The number of rotatable bonds is 6. The lowest BCUT2D eigenvalue weighted by Gasteiger charge is -2.51. The Bertz CT molecular complexity index is 464. The Morgan fingerprint density at radius 1 is 1.45 bits per heavy atom. The molecule has 2 unspecified atom stereocenters.